The molecule has 0 aromatic carbocycles. The van der Waals surface area contributed by atoms with Crippen LogP contribution in [0, 0.1) is 11.8 Å². The molecule has 0 atom stereocenters. The zero-order valence-electron chi connectivity index (χ0n) is 9.16. The smallest absolute Gasteiger partial charge is 0.303 e. The molecule has 0 unspecified atom stereocenters. The first-order valence-corrected chi connectivity index (χ1v) is 5.63. The Hall–Kier alpha value is -1.06. The molecule has 2 N–H and O–H groups in total. The fourth-order valence-electron chi connectivity index (χ4n) is 2.19. The predicted molar refractivity (Wildman–Crippen MR) is 56.4 cm³/mol. The molecule has 0 aliphatic heterocycles. The minimum Gasteiger partial charge on any atom is -0.481 e. The number of carboxylic acid groups (broad SMARTS) is 1. The second kappa shape index (κ2) is 5.73. The number of carboxylic acids is 1. The second-order valence-electron chi connectivity index (χ2n) is 4.21. The van der Waals surface area contributed by atoms with Crippen molar-refractivity contribution in [2.45, 2.75) is 39.0 Å². The average molecular weight is 213 g/mol. The maximum Gasteiger partial charge on any atom is 0.303 e. The summed E-state index contributed by atoms with van der Waals surface area (Å²) in [6, 6.07) is 0. The largest absolute Gasteiger partial charge is 0.481 e. The topological polar surface area (TPSA) is 66.4 Å². The summed E-state index contributed by atoms with van der Waals surface area (Å²) in [7, 11) is 0. The zero-order chi connectivity index (χ0) is 11.3. The first-order valence-electron chi connectivity index (χ1n) is 5.63. The number of nitrogens with one attached hydrogen (secondary N) is 1. The van der Waals surface area contributed by atoms with Crippen molar-refractivity contribution in [1.29, 1.82) is 0 Å². The lowest BCUT2D eigenvalue weighted by Crippen LogP contribution is -2.33. The first kappa shape index (κ1) is 12.0. The first-order chi connectivity index (χ1) is 7.13. The molecule has 0 saturated heterocycles. The third kappa shape index (κ3) is 3.90. The van der Waals surface area contributed by atoms with Crippen LogP contribution in [0.4, 0.5) is 0 Å². The summed E-state index contributed by atoms with van der Waals surface area (Å²) < 4.78 is 0. The molecule has 86 valence electrons. The fourth-order valence-corrected chi connectivity index (χ4v) is 2.19. The molecule has 15 heavy (non-hydrogen) atoms. The van der Waals surface area contributed by atoms with E-state index in [1.54, 1.807) is 0 Å². The summed E-state index contributed by atoms with van der Waals surface area (Å²) in [6.07, 6.45) is 3.66. The molecule has 1 aliphatic carbocycles. The van der Waals surface area contributed by atoms with Gasteiger partial charge in [0.25, 0.3) is 0 Å². The van der Waals surface area contributed by atoms with Crippen LogP contribution < -0.4 is 5.32 Å². The molecule has 0 aromatic heterocycles. The van der Waals surface area contributed by atoms with Crippen molar-refractivity contribution < 1.29 is 14.7 Å². The van der Waals surface area contributed by atoms with Gasteiger partial charge in [-0.3, -0.25) is 9.59 Å². The van der Waals surface area contributed by atoms with Crippen LogP contribution in [-0.2, 0) is 9.59 Å². The van der Waals surface area contributed by atoms with E-state index in [1.807, 2.05) is 6.92 Å². The number of hydrogen-bond donors (Lipinski definition) is 2. The second-order valence-corrected chi connectivity index (χ2v) is 4.21. The van der Waals surface area contributed by atoms with Crippen molar-refractivity contribution in [3.63, 3.8) is 0 Å². The Morgan fingerprint density at radius 1 is 1.27 bits per heavy atom. The van der Waals surface area contributed by atoms with Crippen LogP contribution in [0.2, 0.25) is 0 Å². The maximum atomic E-state index is 11.5. The summed E-state index contributed by atoms with van der Waals surface area (Å²) in [6.45, 7) is 2.59. The molecular weight excluding hydrogens is 194 g/mol. The van der Waals surface area contributed by atoms with E-state index in [0.29, 0.717) is 6.54 Å². The molecule has 1 fully saturated rings. The van der Waals surface area contributed by atoms with E-state index < -0.39 is 5.97 Å². The molecule has 0 aromatic rings. The van der Waals surface area contributed by atoms with Gasteiger partial charge in [-0.25, -0.2) is 0 Å². The van der Waals surface area contributed by atoms with Gasteiger partial charge in [-0.1, -0.05) is 0 Å². The molecule has 0 radical (unpaired) electrons. The van der Waals surface area contributed by atoms with E-state index >= 15 is 0 Å². The highest BCUT2D eigenvalue weighted by Crippen LogP contribution is 2.30. The highest BCUT2D eigenvalue weighted by atomic mass is 16.4. The van der Waals surface area contributed by atoms with Gasteiger partial charge < -0.3 is 10.4 Å². The Bertz CT molecular complexity index is 232. The molecule has 4 heteroatoms. The van der Waals surface area contributed by atoms with E-state index in [1.165, 1.54) is 0 Å². The van der Waals surface area contributed by atoms with Crippen LogP contribution in [0.5, 0.6) is 0 Å². The maximum absolute atomic E-state index is 11.5. The van der Waals surface area contributed by atoms with Gasteiger partial charge in [-0.2, -0.15) is 0 Å². The third-order valence-corrected chi connectivity index (χ3v) is 3.03. The molecule has 1 rings (SSSR count). The Labute approximate surface area is 90.0 Å². The lowest BCUT2D eigenvalue weighted by atomic mass is 9.80. The SMILES string of the molecule is CCNC(=O)[C@H]1CC[C@H](CC(=O)O)CC1. The van der Waals surface area contributed by atoms with Crippen molar-refractivity contribution in [3.8, 4) is 0 Å². The van der Waals surface area contributed by atoms with Crippen LogP contribution >= 0.6 is 0 Å². The van der Waals surface area contributed by atoms with Gasteiger partial charge in [0.1, 0.15) is 0 Å². The Morgan fingerprint density at radius 2 is 1.87 bits per heavy atom. The highest BCUT2D eigenvalue weighted by molar-refractivity contribution is 5.78. The van der Waals surface area contributed by atoms with E-state index in [0.717, 1.165) is 25.7 Å². The number of rotatable bonds is 4. The molecule has 1 amide bonds. The summed E-state index contributed by atoms with van der Waals surface area (Å²) in [5.74, 6) is -0.217. The minimum atomic E-state index is -0.726. The van der Waals surface area contributed by atoms with E-state index in [4.69, 9.17) is 5.11 Å². The summed E-state index contributed by atoms with van der Waals surface area (Å²) in [5, 5.41) is 11.5. The number of carbonyl (C=O) groups excluding carboxylic acids is 1. The standard InChI is InChI=1S/C11H19NO3/c1-2-12-11(15)9-5-3-8(4-6-9)7-10(13)14/h8-9H,2-7H2,1H3,(H,12,15)(H,13,14)/t8-,9-. The number of amides is 1. The third-order valence-electron chi connectivity index (χ3n) is 3.03. The van der Waals surface area contributed by atoms with Gasteiger partial charge in [0.05, 0.1) is 0 Å². The van der Waals surface area contributed by atoms with Crippen molar-refractivity contribution in [2.75, 3.05) is 6.54 Å². The van der Waals surface area contributed by atoms with Gasteiger partial charge in [0.15, 0.2) is 0 Å². The normalized spacial score (nSPS) is 25.9. The number of aliphatic carboxylic acids is 1. The van der Waals surface area contributed by atoms with Crippen LogP contribution in [0.1, 0.15) is 39.0 Å². The quantitative estimate of drug-likeness (QED) is 0.742. The lowest BCUT2D eigenvalue weighted by Gasteiger charge is -2.26. The van der Waals surface area contributed by atoms with Crippen molar-refractivity contribution in [2.24, 2.45) is 11.8 Å². The highest BCUT2D eigenvalue weighted by Gasteiger charge is 2.26. The molecule has 1 aliphatic rings. The van der Waals surface area contributed by atoms with Crippen molar-refractivity contribution in [1.82, 2.24) is 5.32 Å². The van der Waals surface area contributed by atoms with Crippen molar-refractivity contribution in [3.05, 3.63) is 0 Å². The zero-order valence-corrected chi connectivity index (χ0v) is 9.16. The molecule has 0 heterocycles. The van der Waals surface area contributed by atoms with E-state index in [9.17, 15) is 9.59 Å². The summed E-state index contributed by atoms with van der Waals surface area (Å²) >= 11 is 0. The lowest BCUT2D eigenvalue weighted by molar-refractivity contribution is -0.138. The molecule has 1 saturated carbocycles. The van der Waals surface area contributed by atoms with Crippen LogP contribution in [0.15, 0.2) is 0 Å². The molecule has 4 nitrogen and oxygen atoms in total. The minimum absolute atomic E-state index is 0.106. The number of hydrogen-bond acceptors (Lipinski definition) is 2. The van der Waals surface area contributed by atoms with Crippen molar-refractivity contribution >= 4 is 11.9 Å². The summed E-state index contributed by atoms with van der Waals surface area (Å²) in [4.78, 5) is 22.0. The van der Waals surface area contributed by atoms with Gasteiger partial charge >= 0.3 is 5.97 Å². The predicted octanol–water partition coefficient (Wildman–Crippen LogP) is 1.40. The van der Waals surface area contributed by atoms with Gasteiger partial charge in [-0.15, -0.1) is 0 Å². The van der Waals surface area contributed by atoms with E-state index in [-0.39, 0.29) is 24.2 Å². The van der Waals surface area contributed by atoms with Crippen LogP contribution in [-0.4, -0.2) is 23.5 Å². The number of carbonyl (C=O) groups is 2. The Morgan fingerprint density at radius 3 is 2.33 bits per heavy atom. The Kier molecular flexibility index (Phi) is 4.59. The average Bonchev–Trinajstić information content (AvgIpc) is 2.18. The van der Waals surface area contributed by atoms with E-state index in [2.05, 4.69) is 5.32 Å². The molecule has 0 spiro atoms. The van der Waals surface area contributed by atoms with Gasteiger partial charge in [0, 0.05) is 18.9 Å². The van der Waals surface area contributed by atoms with Gasteiger partial charge in [-0.05, 0) is 38.5 Å². The molecule has 0 bridgehead atoms. The fraction of sp³-hybridized carbons (Fsp3) is 0.818. The van der Waals surface area contributed by atoms with Gasteiger partial charge in [0.2, 0.25) is 5.91 Å². The Balaban J connectivity index is 2.29. The summed E-state index contributed by atoms with van der Waals surface area (Å²) in [5.41, 5.74) is 0. The molecular formula is C11H19NO3. The van der Waals surface area contributed by atoms with Crippen LogP contribution in [0.3, 0.4) is 0 Å². The van der Waals surface area contributed by atoms with Crippen LogP contribution in [0.25, 0.3) is 0 Å². The monoisotopic (exact) mass is 213 g/mol.